The molecule has 2 aliphatic heterocycles. The lowest BCUT2D eigenvalue weighted by Crippen LogP contribution is -2.53. The topological polar surface area (TPSA) is 47.9 Å². The van der Waals surface area contributed by atoms with Crippen molar-refractivity contribution in [3.05, 3.63) is 29.3 Å². The van der Waals surface area contributed by atoms with E-state index in [1.807, 2.05) is 37.7 Å². The number of anilines is 1. The van der Waals surface area contributed by atoms with Crippen molar-refractivity contribution in [1.82, 2.24) is 9.80 Å². The number of nitrogens with zero attached hydrogens (tertiary/aromatic N) is 3. The first kappa shape index (κ1) is 18.3. The van der Waals surface area contributed by atoms with Gasteiger partial charge in [0.05, 0.1) is 12.6 Å². The highest BCUT2D eigenvalue weighted by Crippen LogP contribution is 2.24. The Kier molecular flexibility index (Phi) is 5.69. The van der Waals surface area contributed by atoms with Crippen LogP contribution >= 0.6 is 11.8 Å². The highest BCUT2D eigenvalue weighted by atomic mass is 32.2. The third-order valence-corrected chi connectivity index (χ3v) is 6.09. The molecule has 25 heavy (non-hydrogen) atoms. The molecule has 1 aromatic carbocycles. The summed E-state index contributed by atoms with van der Waals surface area (Å²) in [6.45, 7) is 12.9. The van der Waals surface area contributed by atoms with Crippen molar-refractivity contribution >= 4 is 28.5 Å². The van der Waals surface area contributed by atoms with Crippen molar-refractivity contribution < 1.29 is 4.79 Å². The first-order chi connectivity index (χ1) is 11.9. The lowest BCUT2D eigenvalue weighted by atomic mass is 10.1. The van der Waals surface area contributed by atoms with E-state index in [0.717, 1.165) is 44.0 Å². The number of amidine groups is 1. The number of piperazine rings is 1. The molecule has 5 nitrogen and oxygen atoms in total. The van der Waals surface area contributed by atoms with Crippen LogP contribution in [0, 0.1) is 13.8 Å². The van der Waals surface area contributed by atoms with Gasteiger partial charge in [-0.2, -0.15) is 0 Å². The maximum Gasteiger partial charge on any atom is 0.241 e. The number of aliphatic imine (C=N–C) groups is 1. The molecule has 0 saturated carbocycles. The fraction of sp³-hybridized carbons (Fsp3) is 0.579. The van der Waals surface area contributed by atoms with Gasteiger partial charge in [-0.05, 0) is 32.4 Å². The summed E-state index contributed by atoms with van der Waals surface area (Å²) < 4.78 is 0. The second kappa shape index (κ2) is 7.79. The molecule has 2 heterocycles. The van der Waals surface area contributed by atoms with Crippen LogP contribution in [0.25, 0.3) is 0 Å². The van der Waals surface area contributed by atoms with Crippen molar-refractivity contribution in [2.45, 2.75) is 39.0 Å². The van der Waals surface area contributed by atoms with Gasteiger partial charge in [0.2, 0.25) is 5.91 Å². The number of benzene rings is 1. The van der Waals surface area contributed by atoms with Gasteiger partial charge in [0.1, 0.15) is 0 Å². The smallest absolute Gasteiger partial charge is 0.241 e. The molecule has 0 spiro atoms. The maximum atomic E-state index is 12.6. The van der Waals surface area contributed by atoms with Gasteiger partial charge < -0.3 is 10.2 Å². The molecule has 1 N–H and O–H groups in total. The summed E-state index contributed by atoms with van der Waals surface area (Å²) in [6.07, 6.45) is 0. The summed E-state index contributed by atoms with van der Waals surface area (Å²) in [7, 11) is 0. The first-order valence-corrected chi connectivity index (χ1v) is 9.90. The molecule has 136 valence electrons. The van der Waals surface area contributed by atoms with Crippen LogP contribution in [0.5, 0.6) is 0 Å². The van der Waals surface area contributed by atoms with Gasteiger partial charge in [-0.15, -0.1) is 0 Å². The van der Waals surface area contributed by atoms with E-state index in [4.69, 9.17) is 0 Å². The van der Waals surface area contributed by atoms with E-state index in [1.165, 1.54) is 10.7 Å². The van der Waals surface area contributed by atoms with E-state index < -0.39 is 0 Å². The lowest BCUT2D eigenvalue weighted by molar-refractivity contribution is -0.121. The minimum Gasteiger partial charge on any atom is -0.349 e. The van der Waals surface area contributed by atoms with Crippen LogP contribution < -0.4 is 5.32 Å². The molecule has 1 saturated heterocycles. The number of rotatable bonds is 3. The molecular formula is C19H28N4OS. The second-order valence-electron chi connectivity index (χ2n) is 7.06. The third kappa shape index (κ3) is 4.36. The average molecular weight is 361 g/mol. The quantitative estimate of drug-likeness (QED) is 0.900. The van der Waals surface area contributed by atoms with Crippen LogP contribution in [0.15, 0.2) is 23.2 Å². The van der Waals surface area contributed by atoms with Gasteiger partial charge >= 0.3 is 0 Å². The highest BCUT2D eigenvalue weighted by Gasteiger charge is 2.29. The molecule has 3 rings (SSSR count). The number of hydrogen-bond donors (Lipinski definition) is 1. The Morgan fingerprint density at radius 3 is 2.60 bits per heavy atom. The Bertz CT molecular complexity index is 667. The molecule has 1 amide bonds. The molecule has 2 atom stereocenters. The summed E-state index contributed by atoms with van der Waals surface area (Å²) in [5.74, 6) is 0.0709. The predicted molar refractivity (Wildman–Crippen MR) is 107 cm³/mol. The maximum absolute atomic E-state index is 12.6. The molecule has 0 aromatic heterocycles. The SMILES string of the molecule is Cc1ccc(NC(=O)[C@H](C)N2CCN(C3=NC[C@@H](C)S3)CC2)c(C)c1. The van der Waals surface area contributed by atoms with Crippen LogP contribution in [0.3, 0.4) is 0 Å². The zero-order valence-corrected chi connectivity index (χ0v) is 16.4. The Morgan fingerprint density at radius 2 is 2.00 bits per heavy atom. The average Bonchev–Trinajstić information content (AvgIpc) is 3.03. The van der Waals surface area contributed by atoms with Crippen LogP contribution in [0.2, 0.25) is 0 Å². The van der Waals surface area contributed by atoms with Gasteiger partial charge in [-0.1, -0.05) is 36.4 Å². The number of amides is 1. The van der Waals surface area contributed by atoms with E-state index in [2.05, 4.69) is 40.0 Å². The van der Waals surface area contributed by atoms with Gasteiger partial charge in [-0.25, -0.2) is 0 Å². The van der Waals surface area contributed by atoms with Crippen molar-refractivity contribution in [2.75, 3.05) is 38.0 Å². The minimum atomic E-state index is -0.125. The van der Waals surface area contributed by atoms with Crippen LogP contribution in [-0.4, -0.2) is 64.9 Å². The van der Waals surface area contributed by atoms with Crippen LogP contribution in [-0.2, 0) is 4.79 Å². The summed E-state index contributed by atoms with van der Waals surface area (Å²) >= 11 is 1.87. The van der Waals surface area contributed by atoms with Crippen molar-refractivity contribution in [3.8, 4) is 0 Å². The van der Waals surface area contributed by atoms with E-state index in [9.17, 15) is 4.79 Å². The molecule has 0 aliphatic carbocycles. The monoisotopic (exact) mass is 360 g/mol. The van der Waals surface area contributed by atoms with Gasteiger partial charge in [0.25, 0.3) is 0 Å². The molecule has 0 bridgehead atoms. The van der Waals surface area contributed by atoms with E-state index in [1.54, 1.807) is 0 Å². The summed E-state index contributed by atoms with van der Waals surface area (Å²) in [6, 6.07) is 6.00. The number of aryl methyl sites for hydroxylation is 2. The molecular weight excluding hydrogens is 332 g/mol. The normalized spacial score (nSPS) is 22.6. The molecule has 0 unspecified atom stereocenters. The van der Waals surface area contributed by atoms with Crippen LogP contribution in [0.4, 0.5) is 5.69 Å². The Morgan fingerprint density at radius 1 is 1.28 bits per heavy atom. The largest absolute Gasteiger partial charge is 0.349 e. The number of nitrogens with one attached hydrogen (secondary N) is 1. The Balaban J connectivity index is 1.53. The van der Waals surface area contributed by atoms with Gasteiger partial charge in [0, 0.05) is 37.1 Å². The number of carbonyl (C=O) groups excluding carboxylic acids is 1. The molecule has 6 heteroatoms. The fourth-order valence-corrected chi connectivity index (χ4v) is 4.28. The van der Waals surface area contributed by atoms with Crippen molar-refractivity contribution in [3.63, 3.8) is 0 Å². The summed E-state index contributed by atoms with van der Waals surface area (Å²) in [5.41, 5.74) is 3.23. The number of thioether (sulfide) groups is 1. The van der Waals surface area contributed by atoms with E-state index in [-0.39, 0.29) is 11.9 Å². The minimum absolute atomic E-state index is 0.0709. The molecule has 2 aliphatic rings. The van der Waals surface area contributed by atoms with Crippen LogP contribution in [0.1, 0.15) is 25.0 Å². The lowest BCUT2D eigenvalue weighted by Gasteiger charge is -2.38. The fourth-order valence-electron chi connectivity index (χ4n) is 3.29. The number of hydrogen-bond acceptors (Lipinski definition) is 5. The summed E-state index contributed by atoms with van der Waals surface area (Å²) in [4.78, 5) is 21.9. The highest BCUT2D eigenvalue weighted by molar-refractivity contribution is 8.14. The van der Waals surface area contributed by atoms with E-state index >= 15 is 0 Å². The van der Waals surface area contributed by atoms with Gasteiger partial charge in [-0.3, -0.25) is 14.7 Å². The molecule has 1 aromatic rings. The zero-order chi connectivity index (χ0) is 18.0. The third-order valence-electron chi connectivity index (χ3n) is 4.94. The zero-order valence-electron chi connectivity index (χ0n) is 15.6. The molecule has 0 radical (unpaired) electrons. The Labute approximate surface area is 154 Å². The van der Waals surface area contributed by atoms with E-state index in [0.29, 0.717) is 5.25 Å². The predicted octanol–water partition coefficient (Wildman–Crippen LogP) is 2.74. The standard InChI is InChI=1S/C19H28N4OS/c1-13-5-6-17(14(2)11-13)21-18(24)16(4)22-7-9-23(10-8-22)19-20-12-15(3)25-19/h5-6,11,15-16H,7-10,12H2,1-4H3,(H,21,24)/t15-,16+/m1/s1. The summed E-state index contributed by atoms with van der Waals surface area (Å²) in [5, 5.41) is 4.86. The second-order valence-corrected chi connectivity index (χ2v) is 8.46. The number of carbonyl (C=O) groups is 1. The van der Waals surface area contributed by atoms with Crippen molar-refractivity contribution in [1.29, 1.82) is 0 Å². The van der Waals surface area contributed by atoms with Gasteiger partial charge in [0.15, 0.2) is 5.17 Å². The Hall–Kier alpha value is -1.53. The van der Waals surface area contributed by atoms with Crippen molar-refractivity contribution in [2.24, 2.45) is 4.99 Å². The molecule has 1 fully saturated rings. The first-order valence-electron chi connectivity index (χ1n) is 9.02.